The van der Waals surface area contributed by atoms with Crippen molar-refractivity contribution in [2.75, 3.05) is 11.1 Å². The highest BCUT2D eigenvalue weighted by Crippen LogP contribution is 2.38. The Bertz CT molecular complexity index is 423. The summed E-state index contributed by atoms with van der Waals surface area (Å²) >= 11 is 7.49. The van der Waals surface area contributed by atoms with Crippen molar-refractivity contribution in [3.63, 3.8) is 0 Å². The van der Waals surface area contributed by atoms with Gasteiger partial charge in [-0.3, -0.25) is 0 Å². The molecule has 0 spiro atoms. The highest BCUT2D eigenvalue weighted by molar-refractivity contribution is 8.00. The fourth-order valence-corrected chi connectivity index (χ4v) is 3.51. The summed E-state index contributed by atoms with van der Waals surface area (Å²) in [6, 6.07) is 7.13. The van der Waals surface area contributed by atoms with Crippen molar-refractivity contribution in [2.45, 2.75) is 24.1 Å². The van der Waals surface area contributed by atoms with Crippen LogP contribution in [0.4, 0.5) is 5.69 Å². The first-order valence-corrected chi connectivity index (χ1v) is 6.86. The number of anilines is 1. The molecule has 0 radical (unpaired) electrons. The average molecular weight is 272 g/mol. The molecule has 1 saturated heterocycles. The molecule has 2 N–H and O–H groups in total. The summed E-state index contributed by atoms with van der Waals surface area (Å²) in [5.41, 5.74) is -0.0652. The molecule has 17 heavy (non-hydrogen) atoms. The van der Waals surface area contributed by atoms with Crippen molar-refractivity contribution in [1.29, 1.82) is 0 Å². The van der Waals surface area contributed by atoms with Crippen molar-refractivity contribution in [3.05, 3.63) is 29.3 Å². The van der Waals surface area contributed by atoms with E-state index in [0.29, 0.717) is 11.4 Å². The molecule has 1 aliphatic rings. The SMILES string of the molecule is CC1SCCC1(Nc1ccc(Cl)cc1)C(=O)O. The Labute approximate surface area is 110 Å². The molecule has 3 nitrogen and oxygen atoms in total. The van der Waals surface area contributed by atoms with E-state index in [1.165, 1.54) is 0 Å². The third-order valence-electron chi connectivity index (χ3n) is 3.15. The molecule has 2 atom stereocenters. The van der Waals surface area contributed by atoms with Crippen LogP contribution in [0.15, 0.2) is 24.3 Å². The van der Waals surface area contributed by atoms with Gasteiger partial charge in [0.2, 0.25) is 0 Å². The molecule has 0 aromatic heterocycles. The molecule has 0 bridgehead atoms. The van der Waals surface area contributed by atoms with E-state index in [1.807, 2.05) is 19.1 Å². The number of hydrogen-bond acceptors (Lipinski definition) is 3. The van der Waals surface area contributed by atoms with Gasteiger partial charge in [-0.2, -0.15) is 11.8 Å². The van der Waals surface area contributed by atoms with E-state index >= 15 is 0 Å². The quantitative estimate of drug-likeness (QED) is 0.887. The first-order chi connectivity index (χ1) is 8.04. The van der Waals surface area contributed by atoms with Crippen molar-refractivity contribution < 1.29 is 9.90 Å². The third-order valence-corrected chi connectivity index (χ3v) is 4.75. The Morgan fingerprint density at radius 3 is 2.65 bits per heavy atom. The Balaban J connectivity index is 2.24. The van der Waals surface area contributed by atoms with Gasteiger partial charge in [-0.15, -0.1) is 0 Å². The van der Waals surface area contributed by atoms with E-state index in [9.17, 15) is 9.90 Å². The van der Waals surface area contributed by atoms with E-state index < -0.39 is 11.5 Å². The highest BCUT2D eigenvalue weighted by Gasteiger charge is 2.47. The van der Waals surface area contributed by atoms with E-state index in [-0.39, 0.29) is 5.25 Å². The van der Waals surface area contributed by atoms with Gasteiger partial charge in [-0.25, -0.2) is 4.79 Å². The summed E-state index contributed by atoms with van der Waals surface area (Å²) in [5.74, 6) is 0.0820. The maximum Gasteiger partial charge on any atom is 0.330 e. The van der Waals surface area contributed by atoms with Crippen LogP contribution in [0.1, 0.15) is 13.3 Å². The number of benzene rings is 1. The highest BCUT2D eigenvalue weighted by atomic mass is 35.5. The van der Waals surface area contributed by atoms with Crippen LogP contribution < -0.4 is 5.32 Å². The summed E-state index contributed by atoms with van der Waals surface area (Å²) in [7, 11) is 0. The lowest BCUT2D eigenvalue weighted by Crippen LogP contribution is -2.50. The standard InChI is InChI=1S/C12H14ClNO2S/c1-8-12(11(15)16,6-7-17-8)14-10-4-2-9(13)3-5-10/h2-5,8,14H,6-7H2,1H3,(H,15,16). The predicted octanol–water partition coefficient (Wildman–Crippen LogP) is 3.10. The molecule has 0 amide bonds. The molecule has 5 heteroatoms. The second-order valence-electron chi connectivity index (χ2n) is 4.17. The first kappa shape index (κ1) is 12.6. The van der Waals surface area contributed by atoms with Gasteiger partial charge in [0, 0.05) is 16.0 Å². The molecule has 2 rings (SSSR count). The smallest absolute Gasteiger partial charge is 0.330 e. The third kappa shape index (κ3) is 2.38. The molecule has 0 saturated carbocycles. The molecule has 1 aromatic rings. The van der Waals surface area contributed by atoms with Crippen LogP contribution >= 0.6 is 23.4 Å². The summed E-state index contributed by atoms with van der Waals surface area (Å²) in [4.78, 5) is 11.5. The number of rotatable bonds is 3. The first-order valence-electron chi connectivity index (χ1n) is 5.43. The number of carboxylic acids is 1. The molecule has 1 heterocycles. The van der Waals surface area contributed by atoms with Crippen LogP contribution in [-0.2, 0) is 4.79 Å². The summed E-state index contributed by atoms with van der Waals surface area (Å²) in [6.45, 7) is 1.95. The minimum absolute atomic E-state index is 0.0516. The summed E-state index contributed by atoms with van der Waals surface area (Å²) in [6.07, 6.45) is 0.636. The van der Waals surface area contributed by atoms with Gasteiger partial charge in [0.25, 0.3) is 0 Å². The van der Waals surface area contributed by atoms with Crippen LogP contribution in [0, 0.1) is 0 Å². The lowest BCUT2D eigenvalue weighted by molar-refractivity contribution is -0.142. The van der Waals surface area contributed by atoms with Gasteiger partial charge < -0.3 is 10.4 Å². The number of thioether (sulfide) groups is 1. The predicted molar refractivity (Wildman–Crippen MR) is 72.0 cm³/mol. The maximum atomic E-state index is 11.5. The minimum atomic E-state index is -0.863. The zero-order chi connectivity index (χ0) is 12.5. The number of carbonyl (C=O) groups is 1. The lowest BCUT2D eigenvalue weighted by Gasteiger charge is -2.30. The maximum absolute atomic E-state index is 11.5. The zero-order valence-electron chi connectivity index (χ0n) is 9.44. The number of halogens is 1. The van der Waals surface area contributed by atoms with Gasteiger partial charge in [0.15, 0.2) is 0 Å². The van der Waals surface area contributed by atoms with Crippen LogP contribution in [0.25, 0.3) is 0 Å². The van der Waals surface area contributed by atoms with E-state index in [2.05, 4.69) is 5.32 Å². The molecular formula is C12H14ClNO2S. The van der Waals surface area contributed by atoms with Crippen molar-refractivity contribution >= 4 is 35.0 Å². The fourth-order valence-electron chi connectivity index (χ4n) is 2.03. The molecule has 0 aliphatic carbocycles. The molecule has 1 aliphatic heterocycles. The summed E-state index contributed by atoms with van der Waals surface area (Å²) < 4.78 is 0. The van der Waals surface area contributed by atoms with Gasteiger partial charge in [-0.05, 0) is 36.4 Å². The van der Waals surface area contributed by atoms with E-state index in [1.54, 1.807) is 23.9 Å². The molecule has 1 aromatic carbocycles. The average Bonchev–Trinajstić information content (AvgIpc) is 2.65. The van der Waals surface area contributed by atoms with Crippen LogP contribution in [0.2, 0.25) is 5.02 Å². The molecule has 92 valence electrons. The Morgan fingerprint density at radius 1 is 1.53 bits per heavy atom. The Kier molecular flexibility index (Phi) is 3.54. The number of nitrogens with one attached hydrogen (secondary N) is 1. The second-order valence-corrected chi connectivity index (χ2v) is 6.06. The second kappa shape index (κ2) is 4.78. The summed E-state index contributed by atoms with van der Waals surface area (Å²) in [5, 5.41) is 13.3. The largest absolute Gasteiger partial charge is 0.479 e. The van der Waals surface area contributed by atoms with E-state index in [0.717, 1.165) is 11.4 Å². The van der Waals surface area contributed by atoms with Crippen molar-refractivity contribution in [3.8, 4) is 0 Å². The number of carboxylic acid groups (broad SMARTS) is 1. The van der Waals surface area contributed by atoms with Crippen LogP contribution in [0.3, 0.4) is 0 Å². The fraction of sp³-hybridized carbons (Fsp3) is 0.417. The zero-order valence-corrected chi connectivity index (χ0v) is 11.0. The Hall–Kier alpha value is -0.870. The number of hydrogen-bond donors (Lipinski definition) is 2. The monoisotopic (exact) mass is 271 g/mol. The Morgan fingerprint density at radius 2 is 2.18 bits per heavy atom. The molecular weight excluding hydrogens is 258 g/mol. The van der Waals surface area contributed by atoms with Crippen LogP contribution in [0.5, 0.6) is 0 Å². The van der Waals surface area contributed by atoms with Gasteiger partial charge in [0.1, 0.15) is 5.54 Å². The normalized spacial score (nSPS) is 28.0. The van der Waals surface area contributed by atoms with E-state index in [4.69, 9.17) is 11.6 Å². The van der Waals surface area contributed by atoms with Gasteiger partial charge >= 0.3 is 5.97 Å². The van der Waals surface area contributed by atoms with Crippen molar-refractivity contribution in [2.24, 2.45) is 0 Å². The van der Waals surface area contributed by atoms with Gasteiger partial charge in [-0.1, -0.05) is 18.5 Å². The topological polar surface area (TPSA) is 49.3 Å². The van der Waals surface area contributed by atoms with Crippen LogP contribution in [-0.4, -0.2) is 27.6 Å². The molecule has 2 unspecified atom stereocenters. The minimum Gasteiger partial charge on any atom is -0.479 e. The lowest BCUT2D eigenvalue weighted by atomic mass is 9.92. The number of aliphatic carboxylic acids is 1. The van der Waals surface area contributed by atoms with Crippen molar-refractivity contribution in [1.82, 2.24) is 0 Å². The molecule has 1 fully saturated rings. The van der Waals surface area contributed by atoms with Gasteiger partial charge in [0.05, 0.1) is 0 Å².